The highest BCUT2D eigenvalue weighted by Crippen LogP contribution is 2.44. The van der Waals surface area contributed by atoms with Gasteiger partial charge in [-0.25, -0.2) is 0 Å². The predicted octanol–water partition coefficient (Wildman–Crippen LogP) is 6.99. The fraction of sp³-hybridized carbons (Fsp3) is 0.208. The van der Waals surface area contributed by atoms with E-state index < -0.39 is 0 Å². The number of hydrogen-bond donors (Lipinski definition) is 0. The Balaban J connectivity index is 1.93. The summed E-state index contributed by atoms with van der Waals surface area (Å²) < 4.78 is 2.68. The van der Waals surface area contributed by atoms with E-state index in [0.717, 1.165) is 5.69 Å². The molecule has 0 spiro atoms. The standard InChI is InChI=1S/C24H22N2S/c1-24(2,3)20-9-5-7-18-19-8-6-10-21(23(19)27-22(18)20)26(4)17-13-11-16(15-25)12-14-17/h5-14H,1-4H3. The number of nitrogens with zero attached hydrogens (tertiary/aromatic N) is 2. The van der Waals surface area contributed by atoms with Crippen LogP contribution in [-0.4, -0.2) is 7.05 Å². The zero-order valence-corrected chi connectivity index (χ0v) is 16.9. The van der Waals surface area contributed by atoms with Gasteiger partial charge in [0.2, 0.25) is 0 Å². The van der Waals surface area contributed by atoms with Crippen LogP contribution in [0, 0.1) is 11.3 Å². The van der Waals surface area contributed by atoms with Gasteiger partial charge >= 0.3 is 0 Å². The third-order valence-corrected chi connectivity index (χ3v) is 6.33. The summed E-state index contributed by atoms with van der Waals surface area (Å²) in [7, 11) is 2.09. The van der Waals surface area contributed by atoms with Crippen LogP contribution in [0.2, 0.25) is 0 Å². The lowest BCUT2D eigenvalue weighted by molar-refractivity contribution is 0.597. The molecule has 0 aliphatic heterocycles. The molecule has 0 unspecified atom stereocenters. The molecule has 3 heteroatoms. The molecule has 1 aromatic heterocycles. The first-order valence-electron chi connectivity index (χ1n) is 9.09. The molecule has 0 saturated heterocycles. The van der Waals surface area contributed by atoms with Crippen molar-refractivity contribution in [3.05, 3.63) is 71.8 Å². The van der Waals surface area contributed by atoms with Crippen molar-refractivity contribution in [3.63, 3.8) is 0 Å². The highest BCUT2D eigenvalue weighted by atomic mass is 32.1. The Morgan fingerprint density at radius 2 is 1.48 bits per heavy atom. The van der Waals surface area contributed by atoms with Gasteiger partial charge in [-0.05, 0) is 41.3 Å². The minimum absolute atomic E-state index is 0.111. The number of benzene rings is 3. The van der Waals surface area contributed by atoms with Crippen molar-refractivity contribution in [1.82, 2.24) is 0 Å². The summed E-state index contributed by atoms with van der Waals surface area (Å²) in [6.45, 7) is 6.82. The van der Waals surface area contributed by atoms with Crippen molar-refractivity contribution in [2.24, 2.45) is 0 Å². The molecule has 0 radical (unpaired) electrons. The molecule has 134 valence electrons. The molecule has 0 N–H and O–H groups in total. The summed E-state index contributed by atoms with van der Waals surface area (Å²) in [4.78, 5) is 2.20. The summed E-state index contributed by atoms with van der Waals surface area (Å²) in [5, 5.41) is 11.7. The Morgan fingerprint density at radius 1 is 0.852 bits per heavy atom. The zero-order valence-electron chi connectivity index (χ0n) is 16.1. The molecule has 4 aromatic rings. The molecule has 27 heavy (non-hydrogen) atoms. The van der Waals surface area contributed by atoms with Crippen molar-refractivity contribution in [2.45, 2.75) is 26.2 Å². The molecule has 0 aliphatic carbocycles. The minimum Gasteiger partial charge on any atom is -0.343 e. The molecule has 0 amide bonds. The van der Waals surface area contributed by atoms with Gasteiger partial charge in [0.15, 0.2) is 0 Å². The monoisotopic (exact) mass is 370 g/mol. The van der Waals surface area contributed by atoms with Crippen molar-refractivity contribution < 1.29 is 0 Å². The molecule has 0 bridgehead atoms. The third-order valence-electron chi connectivity index (χ3n) is 5.06. The van der Waals surface area contributed by atoms with Crippen LogP contribution in [-0.2, 0) is 5.41 Å². The van der Waals surface area contributed by atoms with Gasteiger partial charge in [-0.2, -0.15) is 5.26 Å². The van der Waals surface area contributed by atoms with E-state index in [1.54, 1.807) is 0 Å². The molecular formula is C24H22N2S. The Kier molecular flexibility index (Phi) is 4.17. The van der Waals surface area contributed by atoms with E-state index in [0.29, 0.717) is 5.56 Å². The van der Waals surface area contributed by atoms with Crippen molar-refractivity contribution >= 4 is 42.9 Å². The maximum absolute atomic E-state index is 9.04. The van der Waals surface area contributed by atoms with Crippen molar-refractivity contribution in [1.29, 1.82) is 5.26 Å². The Bertz CT molecular complexity index is 1170. The third kappa shape index (κ3) is 2.97. The number of rotatable bonds is 2. The predicted molar refractivity (Wildman–Crippen MR) is 117 cm³/mol. The second-order valence-electron chi connectivity index (χ2n) is 7.91. The Labute approximate surface area is 164 Å². The van der Waals surface area contributed by atoms with Crippen LogP contribution in [0.3, 0.4) is 0 Å². The first-order valence-corrected chi connectivity index (χ1v) is 9.90. The molecule has 3 aromatic carbocycles. The van der Waals surface area contributed by atoms with E-state index in [4.69, 9.17) is 5.26 Å². The number of thiophene rings is 1. The van der Waals surface area contributed by atoms with Crippen LogP contribution in [0.15, 0.2) is 60.7 Å². The topological polar surface area (TPSA) is 27.0 Å². The van der Waals surface area contributed by atoms with Crippen LogP contribution in [0.1, 0.15) is 31.9 Å². The van der Waals surface area contributed by atoms with E-state index in [-0.39, 0.29) is 5.41 Å². The van der Waals surface area contributed by atoms with Gasteiger partial charge in [0.05, 0.1) is 22.0 Å². The summed E-state index contributed by atoms with van der Waals surface area (Å²) in [5.74, 6) is 0. The largest absolute Gasteiger partial charge is 0.343 e. The van der Waals surface area contributed by atoms with Crippen molar-refractivity contribution in [3.8, 4) is 6.07 Å². The summed E-state index contributed by atoms with van der Waals surface area (Å²) in [6, 6.07) is 23.1. The molecule has 2 nitrogen and oxygen atoms in total. The van der Waals surface area contributed by atoms with Crippen LogP contribution in [0.25, 0.3) is 20.2 Å². The molecule has 0 saturated carbocycles. The maximum atomic E-state index is 9.04. The second kappa shape index (κ2) is 6.40. The summed E-state index contributed by atoms with van der Waals surface area (Å²) >= 11 is 1.88. The zero-order chi connectivity index (χ0) is 19.2. The molecule has 0 fully saturated rings. The molecule has 1 heterocycles. The fourth-order valence-electron chi connectivity index (χ4n) is 3.56. The van der Waals surface area contributed by atoms with Gasteiger partial charge < -0.3 is 4.90 Å². The van der Waals surface area contributed by atoms with Gasteiger partial charge in [-0.3, -0.25) is 0 Å². The van der Waals surface area contributed by atoms with Crippen LogP contribution in [0.5, 0.6) is 0 Å². The number of anilines is 2. The van der Waals surface area contributed by atoms with E-state index in [1.807, 2.05) is 35.6 Å². The smallest absolute Gasteiger partial charge is 0.0991 e. The number of fused-ring (bicyclic) bond motifs is 3. The van der Waals surface area contributed by atoms with Crippen molar-refractivity contribution in [2.75, 3.05) is 11.9 Å². The molecule has 0 aliphatic rings. The first kappa shape index (κ1) is 17.6. The highest BCUT2D eigenvalue weighted by Gasteiger charge is 2.20. The van der Waals surface area contributed by atoms with Gasteiger partial charge in [-0.1, -0.05) is 51.1 Å². The maximum Gasteiger partial charge on any atom is 0.0991 e. The first-order chi connectivity index (χ1) is 12.9. The lowest BCUT2D eigenvalue weighted by atomic mass is 9.86. The molecular weight excluding hydrogens is 348 g/mol. The SMILES string of the molecule is CN(c1ccc(C#N)cc1)c1cccc2c1sc1c(C(C)(C)C)cccc12. The summed E-state index contributed by atoms with van der Waals surface area (Å²) in [6.07, 6.45) is 0. The highest BCUT2D eigenvalue weighted by molar-refractivity contribution is 7.26. The quantitative estimate of drug-likeness (QED) is 0.380. The van der Waals surface area contributed by atoms with E-state index in [9.17, 15) is 0 Å². The lowest BCUT2D eigenvalue weighted by Gasteiger charge is -2.20. The van der Waals surface area contributed by atoms with Gasteiger partial charge in [-0.15, -0.1) is 11.3 Å². The second-order valence-corrected chi connectivity index (χ2v) is 8.93. The van der Waals surface area contributed by atoms with E-state index in [2.05, 4.69) is 75.2 Å². The molecule has 4 rings (SSSR count). The van der Waals surface area contributed by atoms with Gasteiger partial charge in [0.1, 0.15) is 0 Å². The molecule has 0 atom stereocenters. The normalized spacial score (nSPS) is 11.7. The van der Waals surface area contributed by atoms with Gasteiger partial charge in [0, 0.05) is 28.2 Å². The average Bonchev–Trinajstić information content (AvgIpc) is 3.05. The fourth-order valence-corrected chi connectivity index (χ4v) is 5.13. The van der Waals surface area contributed by atoms with Crippen LogP contribution >= 0.6 is 11.3 Å². The van der Waals surface area contributed by atoms with E-state index >= 15 is 0 Å². The van der Waals surface area contributed by atoms with Gasteiger partial charge in [0.25, 0.3) is 0 Å². The average molecular weight is 371 g/mol. The Hall–Kier alpha value is -2.83. The van der Waals surface area contributed by atoms with E-state index in [1.165, 1.54) is 31.4 Å². The van der Waals surface area contributed by atoms with Crippen LogP contribution < -0.4 is 4.90 Å². The van der Waals surface area contributed by atoms with Crippen LogP contribution in [0.4, 0.5) is 11.4 Å². The lowest BCUT2D eigenvalue weighted by Crippen LogP contribution is -2.10. The minimum atomic E-state index is 0.111. The number of hydrogen-bond acceptors (Lipinski definition) is 3. The summed E-state index contributed by atoms with van der Waals surface area (Å²) in [5.41, 5.74) is 4.46. The number of nitriles is 1. The Morgan fingerprint density at radius 3 is 2.11 bits per heavy atom.